The van der Waals surface area contributed by atoms with Gasteiger partial charge in [0.2, 0.25) is 0 Å². The monoisotopic (exact) mass is 340 g/mol. The Bertz CT molecular complexity index is 425. The summed E-state index contributed by atoms with van der Waals surface area (Å²) in [4.78, 5) is 1.76. The number of hydrogen-bond acceptors (Lipinski definition) is 1. The van der Waals surface area contributed by atoms with Gasteiger partial charge >= 0.3 is 0 Å². The summed E-state index contributed by atoms with van der Waals surface area (Å²) in [5.74, 6) is 2.77. The van der Waals surface area contributed by atoms with Gasteiger partial charge in [0, 0.05) is 22.7 Å². The highest BCUT2D eigenvalue weighted by Crippen LogP contribution is 2.22. The van der Waals surface area contributed by atoms with Crippen molar-refractivity contribution in [3.05, 3.63) is 28.2 Å². The van der Waals surface area contributed by atoms with Crippen LogP contribution in [-0.4, -0.2) is 26.2 Å². The van der Waals surface area contributed by atoms with Crippen LogP contribution in [0, 0.1) is 18.8 Å². The van der Waals surface area contributed by atoms with Crippen LogP contribution in [0.3, 0.4) is 0 Å². The molecule has 0 bridgehead atoms. The highest BCUT2D eigenvalue weighted by Gasteiger charge is 2.24. The number of rotatable bonds is 5. The highest BCUT2D eigenvalue weighted by molar-refractivity contribution is 9.10. The number of likely N-dealkylation sites (tertiary alicyclic amines) is 1. The molecule has 1 aromatic rings. The second kappa shape index (κ2) is 7.46. The summed E-state index contributed by atoms with van der Waals surface area (Å²) >= 11 is 3.48. The van der Waals surface area contributed by atoms with Crippen molar-refractivity contribution < 1.29 is 9.64 Å². The van der Waals surface area contributed by atoms with E-state index in [1.807, 2.05) is 6.07 Å². The molecule has 1 N–H and O–H groups in total. The summed E-state index contributed by atoms with van der Waals surface area (Å²) in [5, 5.41) is 0. The fourth-order valence-corrected chi connectivity index (χ4v) is 3.88. The molecule has 0 amide bonds. The van der Waals surface area contributed by atoms with Crippen molar-refractivity contribution in [2.24, 2.45) is 11.8 Å². The van der Waals surface area contributed by atoms with Gasteiger partial charge in [-0.2, -0.15) is 0 Å². The average Bonchev–Trinajstić information content (AvgIpc) is 2.35. The van der Waals surface area contributed by atoms with Gasteiger partial charge < -0.3 is 9.64 Å². The van der Waals surface area contributed by atoms with Gasteiger partial charge in [0.25, 0.3) is 0 Å². The third-order valence-corrected chi connectivity index (χ3v) is 4.64. The molecule has 1 saturated heterocycles. The highest BCUT2D eigenvalue weighted by atomic mass is 79.9. The van der Waals surface area contributed by atoms with Gasteiger partial charge in [0.15, 0.2) is 0 Å². The Kier molecular flexibility index (Phi) is 5.91. The molecule has 3 heteroatoms. The van der Waals surface area contributed by atoms with Crippen molar-refractivity contribution >= 4 is 15.9 Å². The second-order valence-electron chi connectivity index (χ2n) is 6.47. The smallest absolute Gasteiger partial charge is 0.122 e. The minimum Gasteiger partial charge on any atom is -0.493 e. The first-order valence-corrected chi connectivity index (χ1v) is 8.56. The van der Waals surface area contributed by atoms with E-state index in [-0.39, 0.29) is 0 Å². The van der Waals surface area contributed by atoms with Crippen LogP contribution >= 0.6 is 15.9 Å². The molecule has 0 radical (unpaired) electrons. The van der Waals surface area contributed by atoms with E-state index in [4.69, 9.17) is 4.74 Å². The van der Waals surface area contributed by atoms with Crippen LogP contribution in [0.15, 0.2) is 22.7 Å². The summed E-state index contributed by atoms with van der Waals surface area (Å²) in [6, 6.07) is 6.20. The fourth-order valence-electron chi connectivity index (χ4n) is 3.41. The summed E-state index contributed by atoms with van der Waals surface area (Å²) in [6.07, 6.45) is 2.54. The minimum absolute atomic E-state index is 0.828. The largest absolute Gasteiger partial charge is 0.493 e. The quantitative estimate of drug-likeness (QED) is 0.813. The number of quaternary nitrogens is 1. The molecule has 1 fully saturated rings. The molecule has 1 heterocycles. The zero-order valence-corrected chi connectivity index (χ0v) is 14.5. The van der Waals surface area contributed by atoms with Crippen molar-refractivity contribution in [1.82, 2.24) is 0 Å². The lowest BCUT2D eigenvalue weighted by molar-refractivity contribution is -0.912. The van der Waals surface area contributed by atoms with Crippen molar-refractivity contribution in [3.63, 3.8) is 0 Å². The van der Waals surface area contributed by atoms with Crippen molar-refractivity contribution in [2.75, 3.05) is 26.2 Å². The van der Waals surface area contributed by atoms with Gasteiger partial charge in [-0.15, -0.1) is 0 Å². The lowest BCUT2D eigenvalue weighted by atomic mass is 9.92. The Labute approximate surface area is 131 Å². The molecule has 0 aromatic heterocycles. The Morgan fingerprint density at radius 3 is 2.60 bits per heavy atom. The number of halogens is 1. The number of aryl methyl sites for hydroxylation is 1. The van der Waals surface area contributed by atoms with Crippen LogP contribution in [0.4, 0.5) is 0 Å². The van der Waals surface area contributed by atoms with E-state index in [1.54, 1.807) is 4.90 Å². The van der Waals surface area contributed by atoms with Crippen molar-refractivity contribution in [3.8, 4) is 5.75 Å². The number of nitrogens with one attached hydrogen (secondary N) is 1. The Hall–Kier alpha value is -0.540. The molecule has 2 rings (SSSR count). The lowest BCUT2D eigenvalue weighted by Crippen LogP contribution is -3.14. The summed E-state index contributed by atoms with van der Waals surface area (Å²) in [6.45, 7) is 11.6. The normalized spacial score (nSPS) is 26.5. The van der Waals surface area contributed by atoms with E-state index < -0.39 is 0 Å². The van der Waals surface area contributed by atoms with Gasteiger partial charge in [0.05, 0.1) is 26.2 Å². The topological polar surface area (TPSA) is 13.7 Å². The van der Waals surface area contributed by atoms with Crippen LogP contribution in [0.1, 0.15) is 32.3 Å². The zero-order valence-electron chi connectivity index (χ0n) is 12.9. The predicted octanol–water partition coefficient (Wildman–Crippen LogP) is 3.09. The van der Waals surface area contributed by atoms with Crippen LogP contribution < -0.4 is 9.64 Å². The first kappa shape index (κ1) is 15.8. The van der Waals surface area contributed by atoms with Crippen LogP contribution in [-0.2, 0) is 0 Å². The average molecular weight is 341 g/mol. The summed E-state index contributed by atoms with van der Waals surface area (Å²) < 4.78 is 7.02. The van der Waals surface area contributed by atoms with Crippen molar-refractivity contribution in [1.29, 1.82) is 0 Å². The third-order valence-electron chi connectivity index (χ3n) is 4.15. The SMILES string of the molecule is Cc1cc(Br)ccc1OCCC[NH+]1C[C@H](C)C[C@@H](C)C1. The van der Waals surface area contributed by atoms with E-state index in [9.17, 15) is 0 Å². The number of piperidine rings is 1. The number of hydrogen-bond donors (Lipinski definition) is 1. The van der Waals surface area contributed by atoms with E-state index in [0.29, 0.717) is 0 Å². The Morgan fingerprint density at radius 1 is 1.25 bits per heavy atom. The molecule has 20 heavy (non-hydrogen) atoms. The molecule has 1 aliphatic heterocycles. The maximum absolute atomic E-state index is 5.90. The molecule has 0 unspecified atom stereocenters. The maximum atomic E-state index is 5.90. The van der Waals surface area contributed by atoms with E-state index >= 15 is 0 Å². The molecule has 1 aliphatic rings. The fraction of sp³-hybridized carbons (Fsp3) is 0.647. The molecular formula is C17H27BrNO+. The van der Waals surface area contributed by atoms with Gasteiger partial charge in [-0.05, 0) is 37.1 Å². The van der Waals surface area contributed by atoms with Crippen LogP contribution in [0.2, 0.25) is 0 Å². The van der Waals surface area contributed by atoms with E-state index in [1.165, 1.54) is 31.6 Å². The minimum atomic E-state index is 0.828. The van der Waals surface area contributed by atoms with Crippen LogP contribution in [0.25, 0.3) is 0 Å². The number of benzene rings is 1. The van der Waals surface area contributed by atoms with Crippen LogP contribution in [0.5, 0.6) is 5.75 Å². The van der Waals surface area contributed by atoms with Gasteiger partial charge in [0.1, 0.15) is 5.75 Å². The summed E-state index contributed by atoms with van der Waals surface area (Å²) in [7, 11) is 0. The maximum Gasteiger partial charge on any atom is 0.122 e. The zero-order chi connectivity index (χ0) is 14.5. The van der Waals surface area contributed by atoms with E-state index in [0.717, 1.165) is 35.1 Å². The standard InChI is InChI=1S/C17H26BrNO/c1-13-9-14(2)12-19(11-13)7-4-8-20-17-6-5-16(18)10-15(17)3/h5-6,10,13-14H,4,7-9,11-12H2,1-3H3/p+1/t13-,14-/m1/s1. The van der Waals surface area contributed by atoms with Gasteiger partial charge in [-0.25, -0.2) is 0 Å². The first-order chi connectivity index (χ1) is 9.54. The predicted molar refractivity (Wildman–Crippen MR) is 87.5 cm³/mol. The molecule has 0 aliphatic carbocycles. The Balaban J connectivity index is 1.71. The molecule has 0 saturated carbocycles. The molecule has 2 atom stereocenters. The van der Waals surface area contributed by atoms with Gasteiger partial charge in [-0.1, -0.05) is 29.8 Å². The van der Waals surface area contributed by atoms with Gasteiger partial charge in [-0.3, -0.25) is 0 Å². The van der Waals surface area contributed by atoms with E-state index in [2.05, 4.69) is 48.8 Å². The molecule has 112 valence electrons. The lowest BCUT2D eigenvalue weighted by Gasteiger charge is -2.32. The molecule has 2 nitrogen and oxygen atoms in total. The second-order valence-corrected chi connectivity index (χ2v) is 7.38. The molecule has 1 aromatic carbocycles. The Morgan fingerprint density at radius 2 is 1.95 bits per heavy atom. The number of ether oxygens (including phenoxy) is 1. The summed E-state index contributed by atoms with van der Waals surface area (Å²) in [5.41, 5.74) is 1.20. The molecular weight excluding hydrogens is 314 g/mol. The first-order valence-electron chi connectivity index (χ1n) is 7.77. The third kappa shape index (κ3) is 4.78. The molecule has 0 spiro atoms. The van der Waals surface area contributed by atoms with Crippen molar-refractivity contribution in [2.45, 2.75) is 33.6 Å².